The second-order valence-corrected chi connectivity index (χ2v) is 6.51. The van der Waals surface area contributed by atoms with Crippen molar-refractivity contribution in [2.45, 2.75) is 5.51 Å². The number of halogens is 3. The zero-order chi connectivity index (χ0) is 16.8. The monoisotopic (exact) mass is 342 g/mol. The van der Waals surface area contributed by atoms with E-state index < -0.39 is 26.6 Å². The van der Waals surface area contributed by atoms with Crippen LogP contribution in [0.5, 0.6) is 0 Å². The largest absolute Gasteiger partial charge is 0.601 e. The molecule has 6 nitrogen and oxygen atoms in total. The molecule has 0 bridgehead atoms. The van der Waals surface area contributed by atoms with E-state index in [0.29, 0.717) is 10.8 Å². The fraction of sp³-hybridized carbons (Fsp3) is 0.0769. The Labute approximate surface area is 128 Å². The quantitative estimate of drug-likeness (QED) is 0.284. The van der Waals surface area contributed by atoms with E-state index >= 15 is 0 Å². The summed E-state index contributed by atoms with van der Waals surface area (Å²) in [5.74, 6) is 0. The molecule has 0 saturated heterocycles. The zero-order valence-corrected chi connectivity index (χ0v) is 11.9. The average molecular weight is 342 g/mol. The Kier molecular flexibility index (Phi) is 3.40. The predicted molar refractivity (Wildman–Crippen MR) is 78.2 cm³/mol. The number of fused-ring (bicyclic) bond motifs is 3. The minimum absolute atomic E-state index is 0.0436. The molecule has 1 atom stereocenters. The molecule has 1 N–H and O–H groups in total. The van der Waals surface area contributed by atoms with Crippen LogP contribution in [0.25, 0.3) is 20.2 Å². The van der Waals surface area contributed by atoms with Gasteiger partial charge >= 0.3 is 5.51 Å². The molecule has 10 heteroatoms. The Morgan fingerprint density at radius 1 is 1.09 bits per heavy atom. The third kappa shape index (κ3) is 2.46. The summed E-state index contributed by atoms with van der Waals surface area (Å²) in [4.78, 5) is 10.1. The summed E-state index contributed by atoms with van der Waals surface area (Å²) in [6.07, 6.45) is 0. The molecule has 0 aliphatic rings. The first-order chi connectivity index (χ1) is 10.8. The van der Waals surface area contributed by atoms with Crippen LogP contribution < -0.4 is 0 Å². The van der Waals surface area contributed by atoms with Crippen LogP contribution in [0, 0.1) is 10.1 Å². The Morgan fingerprint density at radius 2 is 1.70 bits per heavy atom. The molecule has 23 heavy (non-hydrogen) atoms. The number of hydrogen-bond donors (Lipinski definition) is 1. The van der Waals surface area contributed by atoms with Crippen LogP contribution in [0.15, 0.2) is 46.8 Å². The third-order valence-corrected chi connectivity index (χ3v) is 5.28. The summed E-state index contributed by atoms with van der Waals surface area (Å²) in [6, 6.07) is 7.47. The number of alkyl halides is 3. The highest BCUT2D eigenvalue weighted by Gasteiger charge is 2.48. The molecule has 0 radical (unpaired) electrons. The molecule has 0 saturated carbocycles. The molecular weight excluding hydrogens is 335 g/mol. The minimum Gasteiger partial charge on any atom is -0.394 e. The van der Waals surface area contributed by atoms with Gasteiger partial charge in [0.1, 0.15) is 10.5 Å². The van der Waals surface area contributed by atoms with E-state index in [9.17, 15) is 23.3 Å². The molecule has 1 unspecified atom stereocenters. The van der Waals surface area contributed by atoms with Crippen LogP contribution in [-0.2, 0) is 5.51 Å². The van der Waals surface area contributed by atoms with Crippen molar-refractivity contribution >= 4 is 42.0 Å². The molecule has 0 fully saturated rings. The lowest BCUT2D eigenvalue weighted by Crippen LogP contribution is -1.95. The second kappa shape index (κ2) is 5.16. The van der Waals surface area contributed by atoms with Gasteiger partial charge in [-0.25, -0.2) is 0 Å². The van der Waals surface area contributed by atoms with Gasteiger partial charge in [0.2, 0.25) is 0 Å². The van der Waals surface area contributed by atoms with E-state index in [-0.39, 0.29) is 15.1 Å². The highest BCUT2D eigenvalue weighted by atomic mass is 32.2. The van der Waals surface area contributed by atoms with Gasteiger partial charge in [-0.1, -0.05) is 0 Å². The topological polar surface area (TPSA) is 88.1 Å². The number of hydrogen-bond acceptors (Lipinski definition) is 4. The van der Waals surface area contributed by atoms with Gasteiger partial charge in [0.15, 0.2) is 9.40 Å². The molecule has 1 aromatic heterocycles. The SMILES string of the molecule is O=[N+]([O-])c1ccc2c3ccc(/N=N/O)cc3[s+](C(F)(F)F)c2c1. The first-order valence-corrected chi connectivity index (χ1v) is 7.34. The van der Waals surface area contributed by atoms with Crippen LogP contribution in [-0.4, -0.2) is 10.1 Å². The van der Waals surface area contributed by atoms with Gasteiger partial charge < -0.3 is 5.21 Å². The lowest BCUT2D eigenvalue weighted by Gasteiger charge is -1.97. The fourth-order valence-electron chi connectivity index (χ4n) is 2.40. The molecule has 0 aliphatic heterocycles. The summed E-state index contributed by atoms with van der Waals surface area (Å²) in [7, 11) is -2.32. The van der Waals surface area contributed by atoms with Gasteiger partial charge in [-0.2, -0.15) is 0 Å². The van der Waals surface area contributed by atoms with E-state index in [2.05, 4.69) is 10.4 Å². The van der Waals surface area contributed by atoms with Gasteiger partial charge in [0.25, 0.3) is 5.69 Å². The van der Waals surface area contributed by atoms with Crippen molar-refractivity contribution in [2.24, 2.45) is 10.4 Å². The van der Waals surface area contributed by atoms with Crippen molar-refractivity contribution in [1.29, 1.82) is 0 Å². The van der Waals surface area contributed by atoms with Crippen LogP contribution in [0.3, 0.4) is 0 Å². The smallest absolute Gasteiger partial charge is 0.394 e. The Balaban J connectivity index is 2.48. The normalized spacial score (nSPS) is 13.3. The standard InChI is InChI=1S/C13H6F3N3O3S/c14-13(15,16)23-11-5-7(17-18-20)1-3-9(11)10-4-2-8(19(21)22)6-12(10)23/h1-6H/p+1. The minimum atomic E-state index is -4.59. The highest BCUT2D eigenvalue weighted by molar-refractivity contribution is 7.44. The second-order valence-electron chi connectivity index (χ2n) is 4.56. The molecule has 1 heterocycles. The lowest BCUT2D eigenvalue weighted by molar-refractivity contribution is -0.384. The van der Waals surface area contributed by atoms with E-state index in [1.165, 1.54) is 30.3 Å². The van der Waals surface area contributed by atoms with Crippen molar-refractivity contribution in [3.8, 4) is 0 Å². The molecule has 118 valence electrons. The van der Waals surface area contributed by atoms with Crippen LogP contribution in [0.1, 0.15) is 0 Å². The van der Waals surface area contributed by atoms with Gasteiger partial charge in [0.05, 0.1) is 16.7 Å². The Hall–Kier alpha value is -2.75. The van der Waals surface area contributed by atoms with Crippen molar-refractivity contribution in [2.75, 3.05) is 0 Å². The van der Waals surface area contributed by atoms with E-state index in [1.54, 1.807) is 0 Å². The first kappa shape index (κ1) is 15.2. The van der Waals surface area contributed by atoms with Crippen LogP contribution >= 0.6 is 10.5 Å². The molecule has 0 amide bonds. The Bertz CT molecular complexity index is 966. The van der Waals surface area contributed by atoms with Crippen molar-refractivity contribution < 1.29 is 23.3 Å². The fourth-order valence-corrected chi connectivity index (χ4v) is 4.41. The number of rotatable bonds is 2. The number of nitro benzene ring substituents is 1. The predicted octanol–water partition coefficient (Wildman–Crippen LogP) is 5.60. The maximum absolute atomic E-state index is 13.5. The van der Waals surface area contributed by atoms with E-state index in [0.717, 1.165) is 6.07 Å². The number of nitrogens with zero attached hydrogens (tertiary/aromatic N) is 3. The molecular formula is C13H7F3N3O3S+. The maximum Gasteiger partial charge on any atom is 0.601 e. The van der Waals surface area contributed by atoms with E-state index in [1.807, 2.05) is 0 Å². The maximum atomic E-state index is 13.5. The first-order valence-electron chi connectivity index (χ1n) is 6.12. The Morgan fingerprint density at radius 3 is 2.26 bits per heavy atom. The zero-order valence-electron chi connectivity index (χ0n) is 11.1. The van der Waals surface area contributed by atoms with Crippen molar-refractivity contribution in [1.82, 2.24) is 0 Å². The molecule has 0 aliphatic carbocycles. The number of nitro groups is 1. The van der Waals surface area contributed by atoms with E-state index in [4.69, 9.17) is 5.21 Å². The van der Waals surface area contributed by atoms with Gasteiger partial charge in [0, 0.05) is 28.2 Å². The lowest BCUT2D eigenvalue weighted by atomic mass is 10.1. The average Bonchev–Trinajstić information content (AvgIpc) is 2.79. The van der Waals surface area contributed by atoms with Gasteiger partial charge in [-0.15, -0.1) is 18.3 Å². The summed E-state index contributed by atoms with van der Waals surface area (Å²) in [5.41, 5.74) is -4.92. The number of non-ortho nitro benzene ring substituents is 1. The third-order valence-electron chi connectivity index (χ3n) is 3.26. The summed E-state index contributed by atoms with van der Waals surface area (Å²) in [6.45, 7) is 0. The van der Waals surface area contributed by atoms with Gasteiger partial charge in [-0.05, 0) is 18.2 Å². The van der Waals surface area contributed by atoms with Gasteiger partial charge in [-0.3, -0.25) is 10.1 Å². The molecule has 2 aromatic carbocycles. The highest BCUT2D eigenvalue weighted by Crippen LogP contribution is 2.55. The molecule has 3 rings (SSSR count). The van der Waals surface area contributed by atoms with Crippen LogP contribution in [0.2, 0.25) is 0 Å². The summed E-state index contributed by atoms with van der Waals surface area (Å²) >= 11 is 0. The summed E-state index contributed by atoms with van der Waals surface area (Å²) in [5, 5.41) is 25.8. The molecule has 3 aromatic rings. The molecule has 0 spiro atoms. The summed E-state index contributed by atoms with van der Waals surface area (Å²) < 4.78 is 40.3. The number of thiophene rings is 1. The number of benzene rings is 2. The van der Waals surface area contributed by atoms with Crippen molar-refractivity contribution in [3.63, 3.8) is 0 Å². The van der Waals surface area contributed by atoms with Crippen molar-refractivity contribution in [3.05, 3.63) is 46.5 Å². The van der Waals surface area contributed by atoms with Crippen LogP contribution in [0.4, 0.5) is 24.5 Å².